The van der Waals surface area contributed by atoms with Gasteiger partial charge in [-0.3, -0.25) is 0 Å². The lowest BCUT2D eigenvalue weighted by Crippen LogP contribution is -2.15. The normalized spacial score (nSPS) is 13.5. The minimum Gasteiger partial charge on any atom is -0.507 e. The van der Waals surface area contributed by atoms with E-state index in [-0.39, 0.29) is 10.8 Å². The lowest BCUT2D eigenvalue weighted by atomic mass is 9.83. The van der Waals surface area contributed by atoms with Gasteiger partial charge in [0.15, 0.2) is 0 Å². The highest BCUT2D eigenvalue weighted by atomic mass is 32.2. The van der Waals surface area contributed by atoms with Gasteiger partial charge in [0.2, 0.25) is 0 Å². The molecule has 2 unspecified atom stereocenters. The van der Waals surface area contributed by atoms with Crippen LogP contribution in [0.5, 0.6) is 11.5 Å². The van der Waals surface area contributed by atoms with E-state index in [2.05, 4.69) is 165 Å². The fourth-order valence-electron chi connectivity index (χ4n) is 6.52. The van der Waals surface area contributed by atoms with Crippen LogP contribution in [-0.4, -0.2) is 20.7 Å². The molecule has 0 aromatic heterocycles. The van der Waals surface area contributed by atoms with E-state index in [1.54, 1.807) is 0 Å². The number of thioether (sulfide) groups is 2. The first-order valence-electron chi connectivity index (χ1n) is 17.6. The number of hydrogen-bond donors (Lipinski definition) is 2. The molecule has 258 valence electrons. The van der Waals surface area contributed by atoms with Crippen molar-refractivity contribution in [1.29, 1.82) is 0 Å². The maximum absolute atomic E-state index is 11.8. The number of fused-ring (bicyclic) bond motifs is 2. The summed E-state index contributed by atoms with van der Waals surface area (Å²) >= 11 is 3.77. The fraction of sp³-hybridized carbons (Fsp3) is 0.304. The molecule has 0 radical (unpaired) electrons. The number of rotatable bonds is 9. The van der Waals surface area contributed by atoms with Crippen LogP contribution in [0, 0.1) is 0 Å². The highest BCUT2D eigenvalue weighted by Gasteiger charge is 2.24. The van der Waals surface area contributed by atoms with Crippen LogP contribution in [0.15, 0.2) is 109 Å². The first-order valence-corrected chi connectivity index (χ1v) is 19.7. The molecule has 0 heterocycles. The standard InChI is InChI=1S/C46H50O2S2/c1-29(49-27-33-23-35(45(3,4)5)25-41(43(33)47)39-21-13-17-31-15-9-11-19-37(31)39)30(2)50-28-34-24-36(46(6,7)8)26-42(44(34)48)40-22-14-18-32-16-10-12-20-38(32)40/h9-26,29-30,47-48H,27-28H2,1-8H3. The van der Waals surface area contributed by atoms with Gasteiger partial charge in [-0.2, -0.15) is 23.5 Å². The van der Waals surface area contributed by atoms with Gasteiger partial charge in [0.1, 0.15) is 11.5 Å². The Morgan fingerprint density at radius 3 is 1.22 bits per heavy atom. The van der Waals surface area contributed by atoms with Gasteiger partial charge in [0.05, 0.1) is 0 Å². The van der Waals surface area contributed by atoms with Crippen molar-refractivity contribution in [3.05, 3.63) is 131 Å². The van der Waals surface area contributed by atoms with E-state index in [0.717, 1.165) is 55.7 Å². The molecule has 0 fully saturated rings. The second kappa shape index (κ2) is 14.4. The summed E-state index contributed by atoms with van der Waals surface area (Å²) in [5, 5.41) is 28.8. The molecule has 2 nitrogen and oxygen atoms in total. The summed E-state index contributed by atoms with van der Waals surface area (Å²) < 4.78 is 0. The molecule has 0 aliphatic rings. The molecule has 0 saturated carbocycles. The zero-order chi connectivity index (χ0) is 35.8. The average molecular weight is 699 g/mol. The Morgan fingerprint density at radius 2 is 0.840 bits per heavy atom. The monoisotopic (exact) mass is 698 g/mol. The average Bonchev–Trinajstić information content (AvgIpc) is 3.09. The van der Waals surface area contributed by atoms with Crippen molar-refractivity contribution in [2.24, 2.45) is 0 Å². The van der Waals surface area contributed by atoms with E-state index in [0.29, 0.717) is 22.0 Å². The summed E-state index contributed by atoms with van der Waals surface area (Å²) in [5.74, 6) is 2.18. The second-order valence-electron chi connectivity index (χ2n) is 15.6. The maximum atomic E-state index is 11.8. The molecule has 6 aromatic rings. The summed E-state index contributed by atoms with van der Waals surface area (Å²) in [7, 11) is 0. The Balaban J connectivity index is 1.24. The van der Waals surface area contributed by atoms with Crippen molar-refractivity contribution in [1.82, 2.24) is 0 Å². The molecule has 0 spiro atoms. The number of phenols is 2. The summed E-state index contributed by atoms with van der Waals surface area (Å²) in [6.07, 6.45) is 0. The van der Waals surface area contributed by atoms with Crippen molar-refractivity contribution >= 4 is 45.1 Å². The summed E-state index contributed by atoms with van der Waals surface area (Å²) in [6.45, 7) is 18.0. The number of hydrogen-bond acceptors (Lipinski definition) is 4. The van der Waals surface area contributed by atoms with Gasteiger partial charge < -0.3 is 10.2 Å². The van der Waals surface area contributed by atoms with E-state index in [1.165, 1.54) is 21.9 Å². The van der Waals surface area contributed by atoms with E-state index in [1.807, 2.05) is 23.5 Å². The minimum absolute atomic E-state index is 0.0598. The van der Waals surface area contributed by atoms with Crippen LogP contribution in [0.3, 0.4) is 0 Å². The van der Waals surface area contributed by atoms with Crippen molar-refractivity contribution in [3.63, 3.8) is 0 Å². The van der Waals surface area contributed by atoms with Crippen LogP contribution in [-0.2, 0) is 22.3 Å². The van der Waals surface area contributed by atoms with Gasteiger partial charge in [-0.05, 0) is 66.8 Å². The number of aromatic hydroxyl groups is 2. The van der Waals surface area contributed by atoms with Crippen molar-refractivity contribution in [2.75, 3.05) is 0 Å². The maximum Gasteiger partial charge on any atom is 0.127 e. The molecule has 2 N–H and O–H groups in total. The van der Waals surface area contributed by atoms with Crippen molar-refractivity contribution in [2.45, 2.75) is 88.2 Å². The molecule has 0 aliphatic heterocycles. The Bertz CT molecular complexity index is 1990. The summed E-state index contributed by atoms with van der Waals surface area (Å²) in [5.41, 5.74) is 8.21. The van der Waals surface area contributed by atoms with E-state index < -0.39 is 0 Å². The zero-order valence-electron chi connectivity index (χ0n) is 30.7. The third-order valence-corrected chi connectivity index (χ3v) is 12.9. The molecule has 4 heteroatoms. The molecular formula is C46H50O2S2. The fourth-order valence-corrected chi connectivity index (χ4v) is 8.86. The molecule has 0 amide bonds. The van der Waals surface area contributed by atoms with E-state index >= 15 is 0 Å². The summed E-state index contributed by atoms with van der Waals surface area (Å²) in [6, 6.07) is 38.2. The predicted octanol–water partition coefficient (Wildman–Crippen LogP) is 13.3. The smallest absolute Gasteiger partial charge is 0.127 e. The van der Waals surface area contributed by atoms with Crippen LogP contribution < -0.4 is 0 Å². The Kier molecular flexibility index (Phi) is 10.4. The van der Waals surface area contributed by atoms with Crippen LogP contribution >= 0.6 is 23.5 Å². The van der Waals surface area contributed by atoms with Gasteiger partial charge in [0.25, 0.3) is 0 Å². The molecule has 2 atom stereocenters. The molecule has 0 bridgehead atoms. The Morgan fingerprint density at radius 1 is 0.480 bits per heavy atom. The third-order valence-electron chi connectivity index (χ3n) is 9.93. The van der Waals surface area contributed by atoms with Crippen LogP contribution in [0.2, 0.25) is 0 Å². The van der Waals surface area contributed by atoms with E-state index in [4.69, 9.17) is 0 Å². The summed E-state index contributed by atoms with van der Waals surface area (Å²) in [4.78, 5) is 0. The first kappa shape index (κ1) is 35.9. The lowest BCUT2D eigenvalue weighted by molar-refractivity contribution is 0.470. The predicted molar refractivity (Wildman–Crippen MR) is 221 cm³/mol. The van der Waals surface area contributed by atoms with Crippen LogP contribution in [0.4, 0.5) is 0 Å². The largest absolute Gasteiger partial charge is 0.507 e. The molecule has 50 heavy (non-hydrogen) atoms. The quantitative estimate of drug-likeness (QED) is 0.158. The highest BCUT2D eigenvalue weighted by molar-refractivity contribution is 8.03. The molecule has 0 saturated heterocycles. The Labute approximate surface area is 307 Å². The number of phenolic OH excluding ortho intramolecular Hbond substituents is 2. The lowest BCUT2D eigenvalue weighted by Gasteiger charge is -2.25. The topological polar surface area (TPSA) is 40.5 Å². The van der Waals surface area contributed by atoms with Gasteiger partial charge in [-0.1, -0.05) is 152 Å². The molecule has 0 aliphatic carbocycles. The van der Waals surface area contributed by atoms with Crippen molar-refractivity contribution in [3.8, 4) is 33.8 Å². The first-order chi connectivity index (χ1) is 23.7. The minimum atomic E-state index is -0.0598. The van der Waals surface area contributed by atoms with Crippen LogP contribution in [0.25, 0.3) is 43.8 Å². The number of benzene rings is 6. The molecule has 6 rings (SSSR count). The van der Waals surface area contributed by atoms with Crippen molar-refractivity contribution < 1.29 is 10.2 Å². The van der Waals surface area contributed by atoms with Gasteiger partial charge in [-0.25, -0.2) is 0 Å². The van der Waals surface area contributed by atoms with Gasteiger partial charge >= 0.3 is 0 Å². The third kappa shape index (κ3) is 7.57. The van der Waals surface area contributed by atoms with Crippen LogP contribution in [0.1, 0.15) is 77.6 Å². The zero-order valence-corrected chi connectivity index (χ0v) is 32.3. The highest BCUT2D eigenvalue weighted by Crippen LogP contribution is 2.44. The van der Waals surface area contributed by atoms with Gasteiger partial charge in [-0.15, -0.1) is 0 Å². The second-order valence-corrected chi connectivity index (χ2v) is 18.4. The molecule has 6 aromatic carbocycles. The van der Waals surface area contributed by atoms with Gasteiger partial charge in [0, 0.05) is 44.3 Å². The SMILES string of the molecule is CC(SCc1cc(C(C)(C)C)cc(-c2cccc3ccccc23)c1O)C(C)SCc1cc(C(C)(C)C)cc(-c2cccc3ccccc23)c1O. The molecular weight excluding hydrogens is 649 g/mol. The van der Waals surface area contributed by atoms with E-state index in [9.17, 15) is 10.2 Å². The Hall–Kier alpha value is -3.86.